The number of aromatic nitrogens is 1. The average molecular weight is 482 g/mol. The van der Waals surface area contributed by atoms with Gasteiger partial charge in [-0.2, -0.15) is 0 Å². The number of guanidine groups is 1. The lowest BCUT2D eigenvalue weighted by molar-refractivity contribution is 0.409. The molecule has 0 fully saturated rings. The average Bonchev–Trinajstić information content (AvgIpc) is 2.63. The number of pyridine rings is 1. The molecule has 6 heteroatoms. The molecule has 0 atom stereocenters. The Morgan fingerprint density at radius 1 is 1.11 bits per heavy atom. The maximum atomic E-state index is 5.45. The van der Waals surface area contributed by atoms with Crippen molar-refractivity contribution in [3.05, 3.63) is 58.9 Å². The Kier molecular flexibility index (Phi) is 10.8. The highest BCUT2D eigenvalue weighted by atomic mass is 127. The molecule has 5 nitrogen and oxygen atoms in total. The van der Waals surface area contributed by atoms with Crippen LogP contribution in [0.5, 0.6) is 5.75 Å². The molecular formula is C21H31IN4O. The number of aliphatic imine (C=N–C) groups is 1. The molecule has 2 rings (SSSR count). The maximum absolute atomic E-state index is 5.45. The molecule has 0 amide bonds. The normalized spacial score (nSPS) is 10.9. The zero-order valence-corrected chi connectivity index (χ0v) is 19.0. The fourth-order valence-corrected chi connectivity index (χ4v) is 2.83. The van der Waals surface area contributed by atoms with E-state index in [9.17, 15) is 0 Å². The van der Waals surface area contributed by atoms with Crippen molar-refractivity contribution < 1.29 is 4.74 Å². The van der Waals surface area contributed by atoms with Crippen LogP contribution in [-0.4, -0.2) is 37.7 Å². The highest BCUT2D eigenvalue weighted by molar-refractivity contribution is 14.0. The van der Waals surface area contributed by atoms with Crippen LogP contribution >= 0.6 is 24.0 Å². The number of aryl methyl sites for hydroxylation is 2. The first-order valence-corrected chi connectivity index (χ1v) is 9.19. The number of rotatable bonds is 8. The van der Waals surface area contributed by atoms with E-state index in [1.165, 1.54) is 22.3 Å². The summed E-state index contributed by atoms with van der Waals surface area (Å²) >= 11 is 0. The molecule has 0 saturated carbocycles. The van der Waals surface area contributed by atoms with Gasteiger partial charge in [0.25, 0.3) is 0 Å². The van der Waals surface area contributed by atoms with Gasteiger partial charge < -0.3 is 15.4 Å². The first-order valence-electron chi connectivity index (χ1n) is 9.19. The highest BCUT2D eigenvalue weighted by Crippen LogP contribution is 2.19. The van der Waals surface area contributed by atoms with Crippen LogP contribution in [0.2, 0.25) is 0 Å². The van der Waals surface area contributed by atoms with Gasteiger partial charge in [-0.1, -0.05) is 17.7 Å². The summed E-state index contributed by atoms with van der Waals surface area (Å²) in [5.41, 5.74) is 4.97. The molecule has 2 N–H and O–H groups in total. The van der Waals surface area contributed by atoms with Crippen molar-refractivity contribution in [1.29, 1.82) is 0 Å². The van der Waals surface area contributed by atoms with Gasteiger partial charge in [0.15, 0.2) is 5.96 Å². The van der Waals surface area contributed by atoms with Gasteiger partial charge in [0, 0.05) is 32.0 Å². The summed E-state index contributed by atoms with van der Waals surface area (Å²) in [6.45, 7) is 8.66. The third-order valence-corrected chi connectivity index (χ3v) is 4.25. The van der Waals surface area contributed by atoms with Crippen LogP contribution < -0.4 is 15.4 Å². The molecule has 0 radical (unpaired) electrons. The minimum absolute atomic E-state index is 0. The number of nitrogens with one attached hydrogen (secondary N) is 2. The van der Waals surface area contributed by atoms with Crippen LogP contribution in [0.3, 0.4) is 0 Å². The molecular weight excluding hydrogens is 451 g/mol. The topological polar surface area (TPSA) is 58.5 Å². The van der Waals surface area contributed by atoms with Gasteiger partial charge in [-0.3, -0.25) is 9.98 Å². The third kappa shape index (κ3) is 7.74. The van der Waals surface area contributed by atoms with Crippen molar-refractivity contribution in [2.45, 2.75) is 33.6 Å². The first kappa shape index (κ1) is 23.2. The van der Waals surface area contributed by atoms with Crippen LogP contribution in [0.4, 0.5) is 0 Å². The minimum Gasteiger partial charge on any atom is -0.496 e. The van der Waals surface area contributed by atoms with Crippen LogP contribution in [-0.2, 0) is 12.8 Å². The monoisotopic (exact) mass is 482 g/mol. The minimum atomic E-state index is 0. The molecule has 0 aliphatic rings. The third-order valence-electron chi connectivity index (χ3n) is 4.25. The SMILES string of the molecule is CCNC(=NCCc1ccncc1C)NCCc1cc(C)ccc1OC.I. The Morgan fingerprint density at radius 3 is 2.63 bits per heavy atom. The van der Waals surface area contributed by atoms with E-state index in [0.717, 1.165) is 44.2 Å². The van der Waals surface area contributed by atoms with Crippen molar-refractivity contribution in [2.75, 3.05) is 26.7 Å². The predicted octanol–water partition coefficient (Wildman–Crippen LogP) is 3.67. The molecule has 0 saturated heterocycles. The summed E-state index contributed by atoms with van der Waals surface area (Å²) in [7, 11) is 1.72. The van der Waals surface area contributed by atoms with Gasteiger partial charge in [0.2, 0.25) is 0 Å². The number of hydrogen-bond donors (Lipinski definition) is 2. The summed E-state index contributed by atoms with van der Waals surface area (Å²) in [5.74, 6) is 1.79. The van der Waals surface area contributed by atoms with E-state index in [0.29, 0.717) is 0 Å². The van der Waals surface area contributed by atoms with E-state index in [1.807, 2.05) is 18.5 Å². The van der Waals surface area contributed by atoms with Crippen molar-refractivity contribution in [3.63, 3.8) is 0 Å². The number of ether oxygens (including phenoxy) is 1. The Hall–Kier alpha value is -1.83. The molecule has 2 aromatic rings. The van der Waals surface area contributed by atoms with Crippen molar-refractivity contribution >= 4 is 29.9 Å². The van der Waals surface area contributed by atoms with Gasteiger partial charge in [-0.15, -0.1) is 24.0 Å². The molecule has 0 bridgehead atoms. The fraction of sp³-hybridized carbons (Fsp3) is 0.429. The molecule has 27 heavy (non-hydrogen) atoms. The van der Waals surface area contributed by atoms with Gasteiger partial charge in [0.05, 0.1) is 7.11 Å². The Labute approximate surface area is 180 Å². The lowest BCUT2D eigenvalue weighted by Gasteiger charge is -2.13. The second-order valence-corrected chi connectivity index (χ2v) is 6.30. The zero-order valence-electron chi connectivity index (χ0n) is 16.7. The summed E-state index contributed by atoms with van der Waals surface area (Å²) in [5, 5.41) is 6.72. The molecule has 148 valence electrons. The highest BCUT2D eigenvalue weighted by Gasteiger charge is 2.04. The summed E-state index contributed by atoms with van der Waals surface area (Å²) in [4.78, 5) is 8.82. The predicted molar refractivity (Wildman–Crippen MR) is 124 cm³/mol. The van der Waals surface area contributed by atoms with E-state index >= 15 is 0 Å². The van der Waals surface area contributed by atoms with E-state index in [-0.39, 0.29) is 24.0 Å². The molecule has 0 aliphatic carbocycles. The number of nitrogens with zero attached hydrogens (tertiary/aromatic N) is 2. The second-order valence-electron chi connectivity index (χ2n) is 6.30. The van der Waals surface area contributed by atoms with Crippen molar-refractivity contribution in [3.8, 4) is 5.75 Å². The Bertz CT molecular complexity index is 734. The van der Waals surface area contributed by atoms with Gasteiger partial charge >= 0.3 is 0 Å². The van der Waals surface area contributed by atoms with Crippen LogP contribution in [0.1, 0.15) is 29.2 Å². The lowest BCUT2D eigenvalue weighted by Crippen LogP contribution is -2.38. The molecule has 1 aromatic carbocycles. The number of benzene rings is 1. The summed E-state index contributed by atoms with van der Waals surface area (Å²) in [6.07, 6.45) is 5.54. The number of hydrogen-bond acceptors (Lipinski definition) is 3. The van der Waals surface area contributed by atoms with Gasteiger partial charge in [0.1, 0.15) is 5.75 Å². The fourth-order valence-electron chi connectivity index (χ4n) is 2.83. The molecule has 0 spiro atoms. The largest absolute Gasteiger partial charge is 0.496 e. The first-order chi connectivity index (χ1) is 12.6. The molecule has 1 aromatic heterocycles. The maximum Gasteiger partial charge on any atom is 0.191 e. The Balaban J connectivity index is 0.00000364. The standard InChI is InChI=1S/C21H30N4O.HI/c1-5-23-21(24-12-9-18-8-11-22-15-17(18)3)25-13-10-19-14-16(2)6-7-20(19)26-4;/h6-8,11,14-15H,5,9-10,12-13H2,1-4H3,(H2,23,24,25);1H. The molecule has 1 heterocycles. The molecule has 0 unspecified atom stereocenters. The second kappa shape index (κ2) is 12.5. The smallest absolute Gasteiger partial charge is 0.191 e. The zero-order chi connectivity index (χ0) is 18.8. The van der Waals surface area contributed by atoms with E-state index in [1.54, 1.807) is 7.11 Å². The quantitative estimate of drug-likeness (QED) is 0.343. The number of methoxy groups -OCH3 is 1. The van der Waals surface area contributed by atoms with Gasteiger partial charge in [-0.05, 0) is 62.4 Å². The van der Waals surface area contributed by atoms with E-state index in [2.05, 4.69) is 59.6 Å². The number of halogens is 1. The van der Waals surface area contributed by atoms with Gasteiger partial charge in [-0.25, -0.2) is 0 Å². The summed E-state index contributed by atoms with van der Waals surface area (Å²) < 4.78 is 5.45. The van der Waals surface area contributed by atoms with E-state index < -0.39 is 0 Å². The van der Waals surface area contributed by atoms with Crippen LogP contribution in [0.25, 0.3) is 0 Å². The summed E-state index contributed by atoms with van der Waals surface area (Å²) in [6, 6.07) is 8.34. The van der Waals surface area contributed by atoms with Crippen molar-refractivity contribution in [1.82, 2.24) is 15.6 Å². The lowest BCUT2D eigenvalue weighted by atomic mass is 10.1. The van der Waals surface area contributed by atoms with Crippen molar-refractivity contribution in [2.24, 2.45) is 4.99 Å². The Morgan fingerprint density at radius 2 is 1.93 bits per heavy atom. The molecule has 0 aliphatic heterocycles. The van der Waals surface area contributed by atoms with E-state index in [4.69, 9.17) is 4.74 Å². The van der Waals surface area contributed by atoms with Crippen LogP contribution in [0, 0.1) is 13.8 Å². The van der Waals surface area contributed by atoms with Crippen LogP contribution in [0.15, 0.2) is 41.7 Å².